The molecule has 1 aromatic carbocycles. The Labute approximate surface area is 341 Å². The number of aliphatic hydroxyl groups is 3. The maximum absolute atomic E-state index is 14.8. The van der Waals surface area contributed by atoms with Crippen LogP contribution in [0.3, 0.4) is 0 Å². The van der Waals surface area contributed by atoms with E-state index in [1.165, 1.54) is 12.8 Å². The Hall–Kier alpha value is -3.22. The standard InChI is InChI=1S/C46H70N2O9/c1-6-26-54-35-19-20-40-38(31-35)43-36(17-11-13-24-50)34(16-10-12-23-49)30-37-39(47-57-45(3,4)5)32-41(46(56-40,44(37)43)55-27-7-2)48(22-28-53-29-25-51)42(52)21-18-33-14-8-9-15-33/h6-7,19-20,30-31,33-34,36,41,43-44,49-51H,1-2,8-18,21-29,32H2,3-5H3. The number of nitrogens with zero attached hydrogens (tertiary/aromatic N) is 2. The van der Waals surface area contributed by atoms with E-state index in [0.717, 1.165) is 61.8 Å². The van der Waals surface area contributed by atoms with Gasteiger partial charge in [-0.1, -0.05) is 68.5 Å². The zero-order valence-corrected chi connectivity index (χ0v) is 34.9. The van der Waals surface area contributed by atoms with Crippen LogP contribution in [0, 0.1) is 23.7 Å². The zero-order chi connectivity index (χ0) is 40.8. The summed E-state index contributed by atoms with van der Waals surface area (Å²) >= 11 is 0. The van der Waals surface area contributed by atoms with Crippen molar-refractivity contribution >= 4 is 11.6 Å². The molecule has 2 fully saturated rings. The van der Waals surface area contributed by atoms with Crippen LogP contribution in [0.4, 0.5) is 0 Å². The zero-order valence-electron chi connectivity index (χ0n) is 34.9. The fourth-order valence-electron chi connectivity index (χ4n) is 9.64. The molecule has 1 aromatic rings. The summed E-state index contributed by atoms with van der Waals surface area (Å²) in [5.74, 6) is 0.279. The summed E-state index contributed by atoms with van der Waals surface area (Å²) in [4.78, 5) is 22.9. The molecule has 0 spiro atoms. The van der Waals surface area contributed by atoms with Gasteiger partial charge >= 0.3 is 0 Å². The van der Waals surface area contributed by atoms with Crippen LogP contribution < -0.4 is 9.47 Å². The highest BCUT2D eigenvalue weighted by Crippen LogP contribution is 2.62. The predicted octanol–water partition coefficient (Wildman–Crippen LogP) is 7.49. The molecule has 0 aromatic heterocycles. The molecule has 0 saturated heterocycles. The lowest BCUT2D eigenvalue weighted by molar-refractivity contribution is -0.258. The van der Waals surface area contributed by atoms with Gasteiger partial charge in [0, 0.05) is 44.1 Å². The Morgan fingerprint density at radius 2 is 1.72 bits per heavy atom. The molecule has 3 aliphatic carbocycles. The van der Waals surface area contributed by atoms with Crippen molar-refractivity contribution < 1.29 is 43.9 Å². The number of hydrogen-bond acceptors (Lipinski definition) is 10. The van der Waals surface area contributed by atoms with Gasteiger partial charge in [0.25, 0.3) is 0 Å². The summed E-state index contributed by atoms with van der Waals surface area (Å²) in [5.41, 5.74) is 2.20. The maximum atomic E-state index is 14.8. The van der Waals surface area contributed by atoms with Crippen molar-refractivity contribution in [3.8, 4) is 11.5 Å². The third-order valence-electron chi connectivity index (χ3n) is 12.1. The van der Waals surface area contributed by atoms with Crippen molar-refractivity contribution in [1.82, 2.24) is 4.90 Å². The molecule has 3 N–H and O–H groups in total. The van der Waals surface area contributed by atoms with E-state index in [-0.39, 0.29) is 69.8 Å². The fraction of sp³-hybridized carbons (Fsp3) is 0.696. The molecular weight excluding hydrogens is 725 g/mol. The molecule has 318 valence electrons. The molecule has 0 bridgehead atoms. The average molecular weight is 795 g/mol. The van der Waals surface area contributed by atoms with Crippen LogP contribution in [0.2, 0.25) is 0 Å². The number of amides is 1. The first-order valence-corrected chi connectivity index (χ1v) is 21.6. The van der Waals surface area contributed by atoms with Crippen molar-refractivity contribution in [2.75, 3.05) is 52.8 Å². The minimum atomic E-state index is -1.34. The molecule has 0 radical (unpaired) electrons. The molecule has 6 unspecified atom stereocenters. The van der Waals surface area contributed by atoms with Gasteiger partial charge in [0.15, 0.2) is 0 Å². The summed E-state index contributed by atoms with van der Waals surface area (Å²) in [5, 5.41) is 34.3. The lowest BCUT2D eigenvalue weighted by atomic mass is 9.55. The van der Waals surface area contributed by atoms with E-state index in [2.05, 4.69) is 25.3 Å². The summed E-state index contributed by atoms with van der Waals surface area (Å²) in [6.45, 7) is 15.2. The van der Waals surface area contributed by atoms with Gasteiger partial charge in [-0.25, -0.2) is 0 Å². The van der Waals surface area contributed by atoms with Gasteiger partial charge in [0.05, 0.1) is 38.1 Å². The number of benzene rings is 1. The van der Waals surface area contributed by atoms with Gasteiger partial charge in [0.2, 0.25) is 11.7 Å². The van der Waals surface area contributed by atoms with Crippen molar-refractivity contribution in [3.05, 3.63) is 60.7 Å². The predicted molar refractivity (Wildman–Crippen MR) is 222 cm³/mol. The number of unbranched alkanes of at least 4 members (excludes halogenated alkanes) is 2. The van der Waals surface area contributed by atoms with Crippen molar-refractivity contribution in [2.45, 2.75) is 128 Å². The minimum Gasteiger partial charge on any atom is -0.490 e. The highest BCUT2D eigenvalue weighted by molar-refractivity contribution is 6.03. The Balaban J connectivity index is 1.75. The number of hydrogen-bond donors (Lipinski definition) is 3. The highest BCUT2D eigenvalue weighted by Gasteiger charge is 2.65. The van der Waals surface area contributed by atoms with Crippen molar-refractivity contribution in [2.24, 2.45) is 28.8 Å². The van der Waals surface area contributed by atoms with Gasteiger partial charge in [-0.3, -0.25) is 4.79 Å². The Kier molecular flexibility index (Phi) is 17.1. The third-order valence-corrected chi connectivity index (χ3v) is 12.1. The summed E-state index contributed by atoms with van der Waals surface area (Å²) < 4.78 is 26.4. The van der Waals surface area contributed by atoms with E-state index < -0.39 is 23.3 Å². The molecular formula is C46H70N2O9. The molecule has 1 amide bonds. The smallest absolute Gasteiger partial charge is 0.239 e. The number of oxime groups is 1. The summed E-state index contributed by atoms with van der Waals surface area (Å²) in [6.07, 6.45) is 16.9. The first kappa shape index (κ1) is 44.9. The second kappa shape index (κ2) is 21.7. The van der Waals surface area contributed by atoms with Crippen LogP contribution >= 0.6 is 0 Å². The lowest BCUT2D eigenvalue weighted by Gasteiger charge is -2.60. The lowest BCUT2D eigenvalue weighted by Crippen LogP contribution is -2.70. The number of ether oxygens (including phenoxy) is 4. The fourth-order valence-corrected chi connectivity index (χ4v) is 9.64. The van der Waals surface area contributed by atoms with E-state index in [1.807, 2.05) is 37.8 Å². The maximum Gasteiger partial charge on any atom is 0.239 e. The minimum absolute atomic E-state index is 0.0147. The first-order valence-electron chi connectivity index (χ1n) is 21.6. The van der Waals surface area contributed by atoms with Crippen molar-refractivity contribution in [1.29, 1.82) is 0 Å². The monoisotopic (exact) mass is 795 g/mol. The number of allylic oxidation sites excluding steroid dienone is 1. The van der Waals surface area contributed by atoms with Gasteiger partial charge in [-0.2, -0.15) is 0 Å². The van der Waals surface area contributed by atoms with E-state index in [0.29, 0.717) is 49.7 Å². The Morgan fingerprint density at radius 1 is 0.982 bits per heavy atom. The molecule has 1 aliphatic heterocycles. The third kappa shape index (κ3) is 11.3. The topological polar surface area (TPSA) is 140 Å². The second-order valence-corrected chi connectivity index (χ2v) is 17.2. The quantitative estimate of drug-likeness (QED) is 0.0552. The molecule has 4 aliphatic rings. The largest absolute Gasteiger partial charge is 0.490 e. The van der Waals surface area contributed by atoms with E-state index in [4.69, 9.17) is 28.9 Å². The van der Waals surface area contributed by atoms with Gasteiger partial charge in [0.1, 0.15) is 29.7 Å². The number of carbonyl (C=O) groups excluding carboxylic acids is 1. The first-order chi connectivity index (χ1) is 27.6. The number of rotatable bonds is 24. The number of carbonyl (C=O) groups is 1. The van der Waals surface area contributed by atoms with Crippen molar-refractivity contribution in [3.63, 3.8) is 0 Å². The van der Waals surface area contributed by atoms with Gasteiger partial charge in [-0.05, 0) is 94.4 Å². The second-order valence-electron chi connectivity index (χ2n) is 17.2. The van der Waals surface area contributed by atoms with E-state index >= 15 is 0 Å². The van der Waals surface area contributed by atoms with Crippen LogP contribution in [0.25, 0.3) is 0 Å². The normalized spacial score (nSPS) is 26.2. The molecule has 1 heterocycles. The van der Waals surface area contributed by atoms with Crippen LogP contribution in [-0.4, -0.2) is 102 Å². The van der Waals surface area contributed by atoms with Gasteiger partial charge in [-0.15, -0.1) is 6.58 Å². The molecule has 57 heavy (non-hydrogen) atoms. The van der Waals surface area contributed by atoms with Gasteiger partial charge < -0.3 is 44.0 Å². The molecule has 5 rings (SSSR count). The Morgan fingerprint density at radius 3 is 2.40 bits per heavy atom. The Bertz CT molecular complexity index is 1520. The molecule has 6 atom stereocenters. The highest BCUT2D eigenvalue weighted by atomic mass is 16.7. The summed E-state index contributed by atoms with van der Waals surface area (Å²) in [6, 6.07) is 5.35. The number of fused-ring (bicyclic) bond motifs is 2. The molecule has 11 nitrogen and oxygen atoms in total. The van der Waals surface area contributed by atoms with E-state index in [1.54, 1.807) is 12.2 Å². The summed E-state index contributed by atoms with van der Waals surface area (Å²) in [7, 11) is 0. The average Bonchev–Trinajstić information content (AvgIpc) is 3.73. The van der Waals surface area contributed by atoms with Crippen LogP contribution in [0.15, 0.2) is 60.3 Å². The SMILES string of the molecule is C=CCOc1ccc2c(c1)C1C(CCCCO)C(CCCCO)C=C3C(=NOC(C)(C)C)CC(N(CCOCCO)C(=O)CCC4CCCC4)C(OCC=C)(O2)C31. The molecule has 2 saturated carbocycles. The molecule has 11 heteroatoms. The number of aliphatic hydroxyl groups excluding tert-OH is 3. The van der Waals surface area contributed by atoms with Crippen LogP contribution in [0.5, 0.6) is 11.5 Å². The van der Waals surface area contributed by atoms with Crippen LogP contribution in [0.1, 0.15) is 116 Å². The van der Waals surface area contributed by atoms with E-state index in [9.17, 15) is 20.1 Å². The van der Waals surface area contributed by atoms with Crippen LogP contribution in [-0.2, 0) is 19.1 Å².